The van der Waals surface area contributed by atoms with Gasteiger partial charge in [-0.05, 0) is 18.4 Å². The summed E-state index contributed by atoms with van der Waals surface area (Å²) in [7, 11) is 1.58. The van der Waals surface area contributed by atoms with E-state index in [0.29, 0.717) is 12.0 Å². The maximum absolute atomic E-state index is 12.1. The highest BCUT2D eigenvalue weighted by atomic mass is 16.5. The van der Waals surface area contributed by atoms with Crippen LogP contribution in [0.4, 0.5) is 0 Å². The average Bonchev–Trinajstić information content (AvgIpc) is 2.53. The number of hydrogen-bond acceptors (Lipinski definition) is 6. The average molecular weight is 318 g/mol. The van der Waals surface area contributed by atoms with Crippen molar-refractivity contribution in [2.75, 3.05) is 13.7 Å². The molecule has 23 heavy (non-hydrogen) atoms. The molecule has 0 aliphatic carbocycles. The molecule has 0 aromatic carbocycles. The third-order valence-corrected chi connectivity index (χ3v) is 3.26. The van der Waals surface area contributed by atoms with Gasteiger partial charge < -0.3 is 13.9 Å². The fraction of sp³-hybridized carbons (Fsp3) is 0.438. The fourth-order valence-electron chi connectivity index (χ4n) is 2.06. The first-order valence-electron chi connectivity index (χ1n) is 7.30. The standard InChI is InChI=1S/C16H18N2O5/c1-4-10-9-12(19)23-15-13(10)14(20)17-16(18-15)22-8-6-7-11(5-2)21-3/h9,11H,4-5,8H2,1-3H3,(H,17,18,20). The van der Waals surface area contributed by atoms with Crippen LogP contribution < -0.4 is 15.9 Å². The van der Waals surface area contributed by atoms with Crippen LogP contribution in [0.25, 0.3) is 11.1 Å². The van der Waals surface area contributed by atoms with E-state index >= 15 is 0 Å². The molecule has 2 rings (SSSR count). The van der Waals surface area contributed by atoms with Crippen LogP contribution in [0, 0.1) is 11.8 Å². The second kappa shape index (κ2) is 7.61. The van der Waals surface area contributed by atoms with E-state index in [9.17, 15) is 9.59 Å². The van der Waals surface area contributed by atoms with Gasteiger partial charge in [-0.2, -0.15) is 4.98 Å². The molecule has 7 nitrogen and oxygen atoms in total. The van der Waals surface area contributed by atoms with Crippen molar-refractivity contribution in [1.29, 1.82) is 0 Å². The van der Waals surface area contributed by atoms with Crippen LogP contribution in [-0.2, 0) is 11.2 Å². The number of aromatic nitrogens is 2. The van der Waals surface area contributed by atoms with Crippen molar-refractivity contribution < 1.29 is 13.9 Å². The van der Waals surface area contributed by atoms with Crippen molar-refractivity contribution >= 4 is 11.1 Å². The molecule has 2 heterocycles. The predicted molar refractivity (Wildman–Crippen MR) is 84.6 cm³/mol. The monoisotopic (exact) mass is 318 g/mol. The number of hydrogen-bond donors (Lipinski definition) is 1. The zero-order valence-corrected chi connectivity index (χ0v) is 13.3. The Bertz CT molecular complexity index is 853. The van der Waals surface area contributed by atoms with Crippen molar-refractivity contribution in [3.05, 3.63) is 32.4 Å². The largest absolute Gasteiger partial charge is 0.451 e. The lowest BCUT2D eigenvalue weighted by Gasteiger charge is -2.05. The van der Waals surface area contributed by atoms with E-state index < -0.39 is 11.2 Å². The van der Waals surface area contributed by atoms with Crippen LogP contribution >= 0.6 is 0 Å². The minimum Gasteiger partial charge on any atom is -0.451 e. The Morgan fingerprint density at radius 1 is 1.39 bits per heavy atom. The summed E-state index contributed by atoms with van der Waals surface area (Å²) < 4.78 is 15.4. The normalized spacial score (nSPS) is 11.8. The SMILES string of the molecule is CCc1cc(=O)oc2nc(OCC#CC(CC)OC)[nH]c(=O)c12. The van der Waals surface area contributed by atoms with Crippen LogP contribution in [0.15, 0.2) is 20.1 Å². The number of aryl methyl sites for hydroxylation is 1. The Morgan fingerprint density at radius 2 is 2.17 bits per heavy atom. The van der Waals surface area contributed by atoms with E-state index in [1.165, 1.54) is 6.07 Å². The smallest absolute Gasteiger partial charge is 0.337 e. The van der Waals surface area contributed by atoms with Gasteiger partial charge in [-0.25, -0.2) is 4.79 Å². The first-order valence-corrected chi connectivity index (χ1v) is 7.30. The topological polar surface area (TPSA) is 94.4 Å². The second-order valence-electron chi connectivity index (χ2n) is 4.74. The summed E-state index contributed by atoms with van der Waals surface area (Å²) in [5, 5.41) is 0.260. The molecule has 122 valence electrons. The lowest BCUT2D eigenvalue weighted by atomic mass is 10.1. The van der Waals surface area contributed by atoms with Gasteiger partial charge in [-0.1, -0.05) is 25.7 Å². The lowest BCUT2D eigenvalue weighted by molar-refractivity contribution is 0.145. The lowest BCUT2D eigenvalue weighted by Crippen LogP contribution is -2.15. The minimum atomic E-state index is -0.552. The van der Waals surface area contributed by atoms with Gasteiger partial charge in [0.25, 0.3) is 5.56 Å². The van der Waals surface area contributed by atoms with E-state index in [1.807, 2.05) is 13.8 Å². The van der Waals surface area contributed by atoms with E-state index in [1.54, 1.807) is 7.11 Å². The third-order valence-electron chi connectivity index (χ3n) is 3.26. The van der Waals surface area contributed by atoms with Crippen LogP contribution in [-0.4, -0.2) is 29.8 Å². The number of fused-ring (bicyclic) bond motifs is 1. The number of H-pyrrole nitrogens is 1. The zero-order chi connectivity index (χ0) is 16.8. The van der Waals surface area contributed by atoms with E-state index in [2.05, 4.69) is 21.8 Å². The number of nitrogens with zero attached hydrogens (tertiary/aromatic N) is 1. The molecule has 0 bridgehead atoms. The van der Waals surface area contributed by atoms with Gasteiger partial charge >= 0.3 is 11.6 Å². The number of methoxy groups -OCH3 is 1. The summed E-state index contributed by atoms with van der Waals surface area (Å²) >= 11 is 0. The van der Waals surface area contributed by atoms with Crippen LogP contribution in [0.3, 0.4) is 0 Å². The number of rotatable bonds is 5. The summed E-state index contributed by atoms with van der Waals surface area (Å²) in [5.41, 5.74) is -0.419. The Morgan fingerprint density at radius 3 is 2.83 bits per heavy atom. The molecular formula is C16H18N2O5. The summed E-state index contributed by atoms with van der Waals surface area (Å²) in [5.74, 6) is 5.66. The third kappa shape index (κ3) is 3.99. The highest BCUT2D eigenvalue weighted by Crippen LogP contribution is 2.13. The Kier molecular flexibility index (Phi) is 5.55. The minimum absolute atomic E-state index is 0.0337. The molecule has 0 aliphatic rings. The number of ether oxygens (including phenoxy) is 2. The van der Waals surface area contributed by atoms with Crippen molar-refractivity contribution in [2.24, 2.45) is 0 Å². The molecule has 0 saturated carbocycles. The fourth-order valence-corrected chi connectivity index (χ4v) is 2.06. The van der Waals surface area contributed by atoms with Crippen molar-refractivity contribution in [2.45, 2.75) is 32.8 Å². The number of aromatic amines is 1. The molecular weight excluding hydrogens is 300 g/mol. The first-order chi connectivity index (χ1) is 11.1. The Hall–Kier alpha value is -2.59. The Balaban J connectivity index is 2.27. The van der Waals surface area contributed by atoms with Crippen LogP contribution in [0.1, 0.15) is 25.8 Å². The molecule has 0 aliphatic heterocycles. The van der Waals surface area contributed by atoms with Crippen LogP contribution in [0.5, 0.6) is 6.01 Å². The first kappa shape index (κ1) is 16.8. The Labute approximate surface area is 132 Å². The highest BCUT2D eigenvalue weighted by molar-refractivity contribution is 5.75. The molecule has 2 aromatic heterocycles. The van der Waals surface area contributed by atoms with Gasteiger partial charge in [-0.3, -0.25) is 9.78 Å². The van der Waals surface area contributed by atoms with E-state index in [0.717, 1.165) is 6.42 Å². The molecule has 0 radical (unpaired) electrons. The summed E-state index contributed by atoms with van der Waals surface area (Å²) in [4.78, 5) is 30.2. The molecule has 7 heteroatoms. The van der Waals surface area contributed by atoms with Gasteiger partial charge in [0, 0.05) is 13.2 Å². The van der Waals surface area contributed by atoms with E-state index in [-0.39, 0.29) is 29.8 Å². The molecule has 2 aromatic rings. The summed E-state index contributed by atoms with van der Waals surface area (Å²) in [6, 6.07) is 1.25. The van der Waals surface area contributed by atoms with Gasteiger partial charge in [0.1, 0.15) is 11.5 Å². The molecule has 0 fully saturated rings. The van der Waals surface area contributed by atoms with Crippen molar-refractivity contribution in [3.63, 3.8) is 0 Å². The van der Waals surface area contributed by atoms with E-state index in [4.69, 9.17) is 13.9 Å². The zero-order valence-electron chi connectivity index (χ0n) is 13.3. The maximum Gasteiger partial charge on any atom is 0.337 e. The molecule has 1 N–H and O–H groups in total. The molecule has 0 spiro atoms. The molecule has 1 unspecified atom stereocenters. The van der Waals surface area contributed by atoms with Gasteiger partial charge in [-0.15, -0.1) is 0 Å². The van der Waals surface area contributed by atoms with Gasteiger partial charge in [0.05, 0.1) is 0 Å². The van der Waals surface area contributed by atoms with Crippen molar-refractivity contribution in [3.8, 4) is 17.9 Å². The summed E-state index contributed by atoms with van der Waals surface area (Å²) in [6.45, 7) is 3.83. The molecule has 0 saturated heterocycles. The second-order valence-corrected chi connectivity index (χ2v) is 4.74. The predicted octanol–water partition coefficient (Wildman–Crippen LogP) is 1.25. The van der Waals surface area contributed by atoms with Crippen LogP contribution in [0.2, 0.25) is 0 Å². The summed E-state index contributed by atoms with van der Waals surface area (Å²) in [6.07, 6.45) is 1.13. The van der Waals surface area contributed by atoms with Crippen molar-refractivity contribution in [1.82, 2.24) is 9.97 Å². The maximum atomic E-state index is 12.1. The molecule has 0 amide bonds. The highest BCUT2D eigenvalue weighted by Gasteiger charge is 2.12. The number of nitrogens with one attached hydrogen (secondary N) is 1. The van der Waals surface area contributed by atoms with Gasteiger partial charge in [0.2, 0.25) is 5.71 Å². The molecule has 1 atom stereocenters. The van der Waals surface area contributed by atoms with Gasteiger partial charge in [0.15, 0.2) is 6.61 Å². The quantitative estimate of drug-likeness (QED) is 0.834.